The van der Waals surface area contributed by atoms with Crippen molar-refractivity contribution in [3.05, 3.63) is 119 Å². The summed E-state index contributed by atoms with van der Waals surface area (Å²) in [6.45, 7) is 0. The Morgan fingerprint density at radius 3 is 1.69 bits per heavy atom. The molecule has 0 fully saturated rings. The predicted octanol–water partition coefficient (Wildman–Crippen LogP) is 3.83. The molecule has 0 aliphatic rings. The number of benzene rings is 4. The third-order valence-electron chi connectivity index (χ3n) is 3.93. The van der Waals surface area contributed by atoms with E-state index >= 15 is 0 Å². The van der Waals surface area contributed by atoms with Gasteiger partial charge in [-0.2, -0.15) is 0 Å². The van der Waals surface area contributed by atoms with Crippen molar-refractivity contribution in [3.8, 4) is 0 Å². The van der Waals surface area contributed by atoms with Crippen LogP contribution >= 0.6 is 15.9 Å². The first-order valence-electron chi connectivity index (χ1n) is 14.6. The van der Waals surface area contributed by atoms with Crippen LogP contribution in [0.15, 0.2) is 119 Å². The average molecular weight is 429 g/mol. The van der Waals surface area contributed by atoms with Gasteiger partial charge in [-0.05, 0) is 32.8 Å². The fourth-order valence-electron chi connectivity index (χ4n) is 2.88. The van der Waals surface area contributed by atoms with Crippen LogP contribution in [0.4, 0.5) is 0 Å². The van der Waals surface area contributed by atoms with Gasteiger partial charge in [-0.25, -0.2) is 0 Å². The molecular formula is C24H19BrSi. The highest BCUT2D eigenvalue weighted by Crippen LogP contribution is 2.13. The molecule has 0 N–H and O–H groups in total. The second-order valence-electron chi connectivity index (χ2n) is 5.31. The molecule has 0 saturated heterocycles. The molecule has 0 saturated carbocycles. The van der Waals surface area contributed by atoms with Gasteiger partial charge >= 0.3 is 0 Å². The molecule has 2 heteroatoms. The summed E-state index contributed by atoms with van der Waals surface area (Å²) in [6, 6.07) is -2.07. The third kappa shape index (κ3) is 2.96. The molecule has 26 heavy (non-hydrogen) atoms. The lowest BCUT2D eigenvalue weighted by molar-refractivity contribution is 1.64. The van der Waals surface area contributed by atoms with Crippen molar-refractivity contribution < 1.29 is 19.2 Å². The first-order valence-corrected chi connectivity index (χ1v) is 10.4. The Bertz CT molecular complexity index is 1450. The van der Waals surface area contributed by atoms with Crippen LogP contribution in [-0.2, 0) is 0 Å². The van der Waals surface area contributed by atoms with Crippen LogP contribution in [0.3, 0.4) is 0 Å². The van der Waals surface area contributed by atoms with E-state index in [9.17, 15) is 0 Å². The van der Waals surface area contributed by atoms with E-state index in [4.69, 9.17) is 19.2 Å². The molecule has 0 nitrogen and oxygen atoms in total. The van der Waals surface area contributed by atoms with Crippen LogP contribution in [0.5, 0.6) is 0 Å². The predicted molar refractivity (Wildman–Crippen MR) is 118 cm³/mol. The summed E-state index contributed by atoms with van der Waals surface area (Å²) in [5.41, 5.74) is 0. The molecule has 0 heterocycles. The minimum atomic E-state index is -4.83. The van der Waals surface area contributed by atoms with E-state index in [-0.39, 0.29) is 14.8 Å². The lowest BCUT2D eigenvalue weighted by Crippen LogP contribution is -2.74. The van der Waals surface area contributed by atoms with Gasteiger partial charge in [0.15, 0.2) is 8.07 Å². The van der Waals surface area contributed by atoms with E-state index < -0.39 is 103 Å². The van der Waals surface area contributed by atoms with Crippen molar-refractivity contribution in [1.82, 2.24) is 0 Å². The lowest BCUT2D eigenvalue weighted by atomic mass is 10.3. The van der Waals surface area contributed by atoms with Crippen molar-refractivity contribution in [2.45, 2.75) is 0 Å². The van der Waals surface area contributed by atoms with Gasteiger partial charge in [0.2, 0.25) is 0 Å². The molecule has 4 rings (SSSR count). The van der Waals surface area contributed by atoms with E-state index in [1.165, 1.54) is 12.1 Å². The molecule has 0 aliphatic carbocycles. The van der Waals surface area contributed by atoms with Crippen LogP contribution in [0.25, 0.3) is 0 Å². The zero-order valence-corrected chi connectivity index (χ0v) is 15.9. The summed E-state index contributed by atoms with van der Waals surface area (Å²) in [6.07, 6.45) is 0. The summed E-state index contributed by atoms with van der Waals surface area (Å²) in [4.78, 5) is 0. The first-order chi connectivity index (χ1) is 18.6. The van der Waals surface area contributed by atoms with Gasteiger partial charge in [-0.15, -0.1) is 0 Å². The van der Waals surface area contributed by atoms with Crippen LogP contribution in [-0.4, -0.2) is 8.07 Å². The highest BCUT2D eigenvalue weighted by molar-refractivity contribution is 9.10. The summed E-state index contributed by atoms with van der Waals surface area (Å²) < 4.78 is 120. The van der Waals surface area contributed by atoms with Gasteiger partial charge < -0.3 is 0 Å². The maximum Gasteiger partial charge on any atom is 0.179 e. The third-order valence-corrected chi connectivity index (χ3v) is 8.52. The summed E-state index contributed by atoms with van der Waals surface area (Å²) in [5.74, 6) is 0. The molecule has 0 spiro atoms. The molecule has 0 amide bonds. The zero-order chi connectivity index (χ0) is 30.0. The number of rotatable bonds is 4. The van der Waals surface area contributed by atoms with E-state index in [1.807, 2.05) is 0 Å². The molecule has 0 radical (unpaired) electrons. The van der Waals surface area contributed by atoms with Crippen LogP contribution in [0.1, 0.15) is 19.2 Å². The van der Waals surface area contributed by atoms with Gasteiger partial charge in [0.25, 0.3) is 0 Å². The normalized spacial score (nSPS) is 18.8. The standard InChI is InChI=1S/C24H19BrSi/c25-20-11-10-18-24(19-20)26(21-12-4-1-5-13-21,22-14-6-2-7-15-22)23-16-8-3-9-17-23/h1-19H/i1D,2D,4D,5D,6D,7D,10D,11D,12D,13D,14D,15D,18D,19D. The minimum Gasteiger partial charge on any atom is -0.0623 e. The quantitative estimate of drug-likeness (QED) is 0.342. The number of hydrogen-bond acceptors (Lipinski definition) is 0. The second-order valence-corrected chi connectivity index (χ2v) is 9.68. The highest BCUT2D eigenvalue weighted by Gasteiger charge is 2.41. The summed E-state index contributed by atoms with van der Waals surface area (Å²) in [7, 11) is -4.83. The van der Waals surface area contributed by atoms with E-state index in [0.29, 0.717) is 0 Å². The zero-order valence-electron chi connectivity index (χ0n) is 27.3. The molecule has 126 valence electrons. The fraction of sp³-hybridized carbons (Fsp3) is 0. The average Bonchev–Trinajstić information content (AvgIpc) is 2.95. The molecule has 4 aromatic carbocycles. The monoisotopic (exact) mass is 428 g/mol. The Morgan fingerprint density at radius 2 is 1.12 bits per heavy atom. The summed E-state index contributed by atoms with van der Waals surface area (Å²) >= 11 is 3.13. The van der Waals surface area contributed by atoms with Crippen LogP contribution in [0, 0.1) is 0 Å². The lowest BCUT2D eigenvalue weighted by Gasteiger charge is -2.34. The van der Waals surface area contributed by atoms with Gasteiger partial charge in [0.1, 0.15) is 0 Å². The van der Waals surface area contributed by atoms with Gasteiger partial charge in [-0.1, -0.05) is 119 Å². The Morgan fingerprint density at radius 1 is 0.577 bits per heavy atom. The maximum absolute atomic E-state index is 9.02. The number of halogens is 1. The molecular weight excluding hydrogens is 396 g/mol. The molecule has 0 aromatic heterocycles. The van der Waals surface area contributed by atoms with Crippen LogP contribution in [0.2, 0.25) is 0 Å². The molecule has 0 unspecified atom stereocenters. The Kier molecular flexibility index (Phi) is 2.09. The highest BCUT2D eigenvalue weighted by atomic mass is 79.9. The maximum atomic E-state index is 9.02. The molecule has 0 bridgehead atoms. The van der Waals surface area contributed by atoms with E-state index in [1.54, 1.807) is 18.2 Å². The fourth-order valence-corrected chi connectivity index (χ4v) is 7.23. The molecule has 0 aliphatic heterocycles. The van der Waals surface area contributed by atoms with Gasteiger partial charge in [-0.3, -0.25) is 0 Å². The smallest absolute Gasteiger partial charge is 0.0623 e. The first kappa shape index (κ1) is 7.30. The summed E-state index contributed by atoms with van der Waals surface area (Å²) in [5, 5.41) is -1.08. The SMILES string of the molecule is [2H]c1c([2H])c([2H])c([Si](c2ccccc2)(c2c([2H])c([2H])c([2H])c([2H])c2[2H])c2c([2H])c([2H])c([2H])c(Br)c2[2H])c([2H])c1[2H]. The van der Waals surface area contributed by atoms with Crippen molar-refractivity contribution >= 4 is 44.8 Å². The van der Waals surface area contributed by atoms with Gasteiger partial charge in [0, 0.05) is 4.47 Å². The van der Waals surface area contributed by atoms with Crippen LogP contribution < -0.4 is 20.7 Å². The number of hydrogen-bond donors (Lipinski definition) is 0. The Balaban J connectivity index is 2.55. The second kappa shape index (κ2) is 7.44. The van der Waals surface area contributed by atoms with Crippen molar-refractivity contribution in [3.63, 3.8) is 0 Å². The Labute approximate surface area is 184 Å². The van der Waals surface area contributed by atoms with Gasteiger partial charge in [0.05, 0.1) is 19.2 Å². The largest absolute Gasteiger partial charge is 0.179 e. The van der Waals surface area contributed by atoms with E-state index in [2.05, 4.69) is 15.9 Å². The van der Waals surface area contributed by atoms with Crippen molar-refractivity contribution in [2.75, 3.05) is 0 Å². The molecule has 4 aromatic rings. The van der Waals surface area contributed by atoms with Crippen molar-refractivity contribution in [2.24, 2.45) is 0 Å². The molecule has 0 atom stereocenters. The van der Waals surface area contributed by atoms with Crippen molar-refractivity contribution in [1.29, 1.82) is 0 Å². The topological polar surface area (TPSA) is 0 Å². The van der Waals surface area contributed by atoms with E-state index in [0.717, 1.165) is 0 Å². The minimum absolute atomic E-state index is 0.151. The Hall–Kier alpha value is -2.42.